The molecule has 1 aliphatic rings. The molecule has 3 aromatic rings. The lowest BCUT2D eigenvalue weighted by atomic mass is 9.93. The second-order valence-electron chi connectivity index (χ2n) is 6.98. The highest BCUT2D eigenvalue weighted by Gasteiger charge is 2.30. The largest absolute Gasteiger partial charge is 0.416 e. The standard InChI is InChI=1S/C21H17BrF3N3O/c1-28-11-18(26-12-28)17-9-15(19-10-20(22)27-29-19)6-5-14(17)7-13-3-2-4-16(8-13)21(23,24)25/h2-6,8-9,11-12,19H,7,10H2,1H3. The van der Waals surface area contributed by atoms with Gasteiger partial charge in [-0.15, -0.1) is 0 Å². The molecule has 150 valence electrons. The van der Waals surface area contributed by atoms with Crippen LogP contribution in [0.4, 0.5) is 13.2 Å². The molecule has 2 heterocycles. The van der Waals surface area contributed by atoms with Gasteiger partial charge in [0.1, 0.15) is 4.62 Å². The topological polar surface area (TPSA) is 39.4 Å². The maximum atomic E-state index is 13.1. The zero-order chi connectivity index (χ0) is 20.6. The number of rotatable bonds is 4. The molecule has 0 fully saturated rings. The number of nitrogens with zero attached hydrogens (tertiary/aromatic N) is 3. The van der Waals surface area contributed by atoms with Crippen molar-refractivity contribution in [1.29, 1.82) is 0 Å². The molecule has 29 heavy (non-hydrogen) atoms. The zero-order valence-electron chi connectivity index (χ0n) is 15.4. The summed E-state index contributed by atoms with van der Waals surface area (Å²) in [6.45, 7) is 0. The first kappa shape index (κ1) is 19.7. The number of oxime groups is 1. The third kappa shape index (κ3) is 4.37. The lowest BCUT2D eigenvalue weighted by Gasteiger charge is -2.14. The van der Waals surface area contributed by atoms with Crippen LogP contribution in [-0.2, 0) is 24.5 Å². The molecule has 8 heteroatoms. The van der Waals surface area contributed by atoms with Gasteiger partial charge in [-0.2, -0.15) is 13.2 Å². The van der Waals surface area contributed by atoms with E-state index in [2.05, 4.69) is 26.1 Å². The van der Waals surface area contributed by atoms with Gasteiger partial charge in [-0.25, -0.2) is 4.98 Å². The second-order valence-corrected chi connectivity index (χ2v) is 7.90. The molecule has 0 saturated heterocycles. The Bertz CT molecular complexity index is 1080. The molecule has 0 bridgehead atoms. The minimum absolute atomic E-state index is 0.200. The molecule has 0 amide bonds. The van der Waals surface area contributed by atoms with Gasteiger partial charge in [0.15, 0.2) is 6.10 Å². The van der Waals surface area contributed by atoms with E-state index < -0.39 is 11.7 Å². The fourth-order valence-corrected chi connectivity index (χ4v) is 3.72. The summed E-state index contributed by atoms with van der Waals surface area (Å²) in [4.78, 5) is 9.88. The molecule has 0 radical (unpaired) electrons. The molecule has 4 nitrogen and oxygen atoms in total. The fourth-order valence-electron chi connectivity index (χ4n) is 3.34. The van der Waals surface area contributed by atoms with Crippen LogP contribution in [0.2, 0.25) is 0 Å². The van der Waals surface area contributed by atoms with E-state index in [9.17, 15) is 13.2 Å². The minimum atomic E-state index is -4.36. The summed E-state index contributed by atoms with van der Waals surface area (Å²) in [6.07, 6.45) is 0.0145. The van der Waals surface area contributed by atoms with Crippen LogP contribution in [0, 0.1) is 0 Å². The molecule has 0 saturated carbocycles. The quantitative estimate of drug-likeness (QED) is 0.485. The first-order valence-corrected chi connectivity index (χ1v) is 9.74. The number of hydrogen-bond donors (Lipinski definition) is 0. The number of alkyl halides is 3. The Morgan fingerprint density at radius 2 is 2.03 bits per heavy atom. The fraction of sp³-hybridized carbons (Fsp3) is 0.238. The van der Waals surface area contributed by atoms with E-state index >= 15 is 0 Å². The van der Waals surface area contributed by atoms with Crippen molar-refractivity contribution in [2.45, 2.75) is 25.1 Å². The Balaban J connectivity index is 1.71. The average Bonchev–Trinajstić information content (AvgIpc) is 3.30. The number of hydrogen-bond acceptors (Lipinski definition) is 3. The number of aromatic nitrogens is 2. The Kier molecular flexibility index (Phi) is 5.21. The number of aryl methyl sites for hydroxylation is 1. The van der Waals surface area contributed by atoms with Crippen molar-refractivity contribution in [3.05, 3.63) is 77.2 Å². The van der Waals surface area contributed by atoms with Crippen LogP contribution in [0.15, 0.2) is 60.1 Å². The summed E-state index contributed by atoms with van der Waals surface area (Å²) in [5.74, 6) is 0. The third-order valence-corrected chi connectivity index (χ3v) is 5.24. The highest BCUT2D eigenvalue weighted by Crippen LogP contribution is 2.34. The molecule has 0 N–H and O–H groups in total. The van der Waals surface area contributed by atoms with Crippen LogP contribution in [0.5, 0.6) is 0 Å². The van der Waals surface area contributed by atoms with Crippen molar-refractivity contribution in [3.8, 4) is 11.3 Å². The lowest BCUT2D eigenvalue weighted by Crippen LogP contribution is -2.05. The molecule has 2 aromatic carbocycles. The molecule has 1 atom stereocenters. The van der Waals surface area contributed by atoms with E-state index in [1.807, 2.05) is 36.0 Å². The van der Waals surface area contributed by atoms with Crippen molar-refractivity contribution in [1.82, 2.24) is 9.55 Å². The van der Waals surface area contributed by atoms with Gasteiger partial charge in [-0.1, -0.05) is 35.5 Å². The van der Waals surface area contributed by atoms with Crippen molar-refractivity contribution >= 4 is 20.6 Å². The summed E-state index contributed by atoms with van der Waals surface area (Å²) in [5, 5.41) is 3.93. The predicted molar refractivity (Wildman–Crippen MR) is 108 cm³/mol. The second kappa shape index (κ2) is 7.67. The van der Waals surface area contributed by atoms with Crippen LogP contribution in [0.1, 0.15) is 34.8 Å². The monoisotopic (exact) mass is 463 g/mol. The van der Waals surface area contributed by atoms with Crippen LogP contribution >= 0.6 is 15.9 Å². The highest BCUT2D eigenvalue weighted by atomic mass is 79.9. The molecular weight excluding hydrogens is 447 g/mol. The van der Waals surface area contributed by atoms with E-state index in [0.717, 1.165) is 33.1 Å². The van der Waals surface area contributed by atoms with Crippen molar-refractivity contribution in [3.63, 3.8) is 0 Å². The maximum absolute atomic E-state index is 13.1. The maximum Gasteiger partial charge on any atom is 0.416 e. The summed E-state index contributed by atoms with van der Waals surface area (Å²) in [5.41, 5.74) is 3.41. The molecule has 0 aliphatic carbocycles. The van der Waals surface area contributed by atoms with E-state index in [4.69, 9.17) is 4.84 Å². The van der Waals surface area contributed by atoms with Gasteiger partial charge in [0.05, 0.1) is 17.6 Å². The van der Waals surface area contributed by atoms with Crippen LogP contribution in [0.3, 0.4) is 0 Å². The van der Waals surface area contributed by atoms with Gasteiger partial charge in [0.2, 0.25) is 0 Å². The van der Waals surface area contributed by atoms with Crippen LogP contribution in [-0.4, -0.2) is 14.2 Å². The van der Waals surface area contributed by atoms with Gasteiger partial charge >= 0.3 is 6.18 Å². The van der Waals surface area contributed by atoms with Gasteiger partial charge in [0, 0.05) is 25.2 Å². The van der Waals surface area contributed by atoms with E-state index in [1.54, 1.807) is 12.4 Å². The summed E-state index contributed by atoms with van der Waals surface area (Å²) in [7, 11) is 1.87. The Morgan fingerprint density at radius 1 is 1.21 bits per heavy atom. The number of halogens is 4. The number of imidazole rings is 1. The van der Waals surface area contributed by atoms with Crippen molar-refractivity contribution in [2.75, 3.05) is 0 Å². The SMILES string of the molecule is Cn1cnc(-c2cc(C3CC(Br)=NO3)ccc2Cc2cccc(C(F)(F)F)c2)c1. The number of benzene rings is 2. The Labute approximate surface area is 174 Å². The zero-order valence-corrected chi connectivity index (χ0v) is 17.0. The summed E-state index contributed by atoms with van der Waals surface area (Å²) < 4.78 is 41.8. The Hall–Kier alpha value is -2.61. The normalized spacial score (nSPS) is 16.6. The molecule has 4 rings (SSSR count). The average molecular weight is 464 g/mol. The van der Waals surface area contributed by atoms with Gasteiger partial charge < -0.3 is 9.40 Å². The molecule has 1 aliphatic heterocycles. The third-order valence-electron chi connectivity index (χ3n) is 4.77. The van der Waals surface area contributed by atoms with E-state index in [1.165, 1.54) is 12.1 Å². The highest BCUT2D eigenvalue weighted by molar-refractivity contribution is 9.18. The van der Waals surface area contributed by atoms with E-state index in [0.29, 0.717) is 18.4 Å². The molecular formula is C21H17BrF3N3O. The summed E-state index contributed by atoms with van der Waals surface area (Å²) >= 11 is 3.34. The first-order valence-electron chi connectivity index (χ1n) is 8.95. The Morgan fingerprint density at radius 3 is 2.69 bits per heavy atom. The van der Waals surface area contributed by atoms with E-state index in [-0.39, 0.29) is 6.10 Å². The minimum Gasteiger partial charge on any atom is -0.386 e. The van der Waals surface area contributed by atoms with Crippen LogP contribution < -0.4 is 0 Å². The predicted octanol–water partition coefficient (Wildman–Crippen LogP) is 5.87. The molecule has 1 aromatic heterocycles. The van der Waals surface area contributed by atoms with Crippen molar-refractivity contribution < 1.29 is 18.0 Å². The van der Waals surface area contributed by atoms with Gasteiger partial charge in [0.25, 0.3) is 0 Å². The van der Waals surface area contributed by atoms with Crippen molar-refractivity contribution in [2.24, 2.45) is 12.2 Å². The lowest BCUT2D eigenvalue weighted by molar-refractivity contribution is -0.137. The summed E-state index contributed by atoms with van der Waals surface area (Å²) in [6, 6.07) is 11.3. The molecule has 0 spiro atoms. The molecule has 1 unspecified atom stereocenters. The van der Waals surface area contributed by atoms with Crippen LogP contribution in [0.25, 0.3) is 11.3 Å². The first-order chi connectivity index (χ1) is 13.8. The van der Waals surface area contributed by atoms with Gasteiger partial charge in [-0.05, 0) is 51.2 Å². The van der Waals surface area contributed by atoms with Gasteiger partial charge in [-0.3, -0.25) is 0 Å². The smallest absolute Gasteiger partial charge is 0.386 e.